The number of amides is 1. The molecule has 1 aromatic heterocycles. The van der Waals surface area contributed by atoms with Gasteiger partial charge in [-0.1, -0.05) is 55.9 Å². The first-order valence-corrected chi connectivity index (χ1v) is 10.6. The van der Waals surface area contributed by atoms with E-state index in [0.717, 1.165) is 23.0 Å². The minimum atomic E-state index is 0.104. The lowest BCUT2D eigenvalue weighted by molar-refractivity contribution is -0.116. The molecular weight excluding hydrogens is 368 g/mol. The number of carbonyl (C=O) groups is 1. The van der Waals surface area contributed by atoms with E-state index in [1.165, 1.54) is 22.9 Å². The maximum Gasteiger partial charge on any atom is 0.237 e. The fraction of sp³-hybridized carbons (Fsp3) is 0.318. The minimum absolute atomic E-state index is 0.104. The molecule has 0 N–H and O–H groups in total. The summed E-state index contributed by atoms with van der Waals surface area (Å²) in [5, 5.41) is 8.99. The number of thioether (sulfide) groups is 1. The Morgan fingerprint density at radius 3 is 2.68 bits per heavy atom. The molecule has 2 heterocycles. The molecule has 0 unspecified atom stereocenters. The van der Waals surface area contributed by atoms with E-state index in [9.17, 15) is 4.79 Å². The summed E-state index contributed by atoms with van der Waals surface area (Å²) in [6, 6.07) is 16.7. The van der Waals surface area contributed by atoms with Crippen LogP contribution in [0.3, 0.4) is 0 Å². The van der Waals surface area contributed by atoms with Crippen molar-refractivity contribution in [1.82, 2.24) is 14.8 Å². The van der Waals surface area contributed by atoms with Gasteiger partial charge in [0.1, 0.15) is 6.33 Å². The van der Waals surface area contributed by atoms with Crippen LogP contribution in [-0.4, -0.2) is 32.5 Å². The summed E-state index contributed by atoms with van der Waals surface area (Å²) < 4.78 is 1.93. The van der Waals surface area contributed by atoms with E-state index < -0.39 is 0 Å². The first kappa shape index (κ1) is 18.7. The third kappa shape index (κ3) is 3.56. The summed E-state index contributed by atoms with van der Waals surface area (Å²) in [5.41, 5.74) is 4.57. The van der Waals surface area contributed by atoms with Gasteiger partial charge in [0.15, 0.2) is 5.16 Å². The van der Waals surface area contributed by atoms with Gasteiger partial charge in [-0.3, -0.25) is 9.36 Å². The number of fused-ring (bicyclic) bond motifs is 1. The molecule has 1 amide bonds. The van der Waals surface area contributed by atoms with Crippen molar-refractivity contribution >= 4 is 23.4 Å². The third-order valence-electron chi connectivity index (χ3n) is 5.16. The molecule has 0 radical (unpaired) electrons. The number of para-hydroxylation sites is 1. The summed E-state index contributed by atoms with van der Waals surface area (Å²) >= 11 is 1.43. The van der Waals surface area contributed by atoms with E-state index in [4.69, 9.17) is 0 Å². The van der Waals surface area contributed by atoms with Crippen LogP contribution in [0.5, 0.6) is 0 Å². The van der Waals surface area contributed by atoms with Gasteiger partial charge >= 0.3 is 0 Å². The zero-order chi connectivity index (χ0) is 19.7. The summed E-state index contributed by atoms with van der Waals surface area (Å²) in [6.07, 6.45) is 2.61. The Morgan fingerprint density at radius 2 is 1.93 bits per heavy atom. The Hall–Kier alpha value is -2.60. The van der Waals surface area contributed by atoms with Crippen molar-refractivity contribution in [3.63, 3.8) is 0 Å². The van der Waals surface area contributed by atoms with Crippen LogP contribution in [0.2, 0.25) is 0 Å². The quantitative estimate of drug-likeness (QED) is 0.602. The van der Waals surface area contributed by atoms with Crippen LogP contribution in [-0.2, 0) is 11.2 Å². The number of aromatic nitrogens is 3. The van der Waals surface area contributed by atoms with Crippen LogP contribution in [0.4, 0.5) is 5.69 Å². The molecule has 0 bridgehead atoms. The van der Waals surface area contributed by atoms with Gasteiger partial charge in [-0.15, -0.1) is 10.2 Å². The van der Waals surface area contributed by atoms with Crippen molar-refractivity contribution in [2.75, 3.05) is 10.7 Å². The molecule has 5 nitrogen and oxygen atoms in total. The summed E-state index contributed by atoms with van der Waals surface area (Å²) in [4.78, 5) is 14.8. The van der Waals surface area contributed by atoms with E-state index in [-0.39, 0.29) is 11.9 Å². The van der Waals surface area contributed by atoms with E-state index in [0.29, 0.717) is 11.7 Å². The maximum absolute atomic E-state index is 12.9. The Labute approximate surface area is 169 Å². The monoisotopic (exact) mass is 392 g/mol. The van der Waals surface area contributed by atoms with Gasteiger partial charge in [0, 0.05) is 17.4 Å². The van der Waals surface area contributed by atoms with Gasteiger partial charge in [0.2, 0.25) is 5.91 Å². The number of hydrogen-bond acceptors (Lipinski definition) is 4. The van der Waals surface area contributed by atoms with Crippen molar-refractivity contribution in [3.05, 3.63) is 66.0 Å². The van der Waals surface area contributed by atoms with Crippen molar-refractivity contribution < 1.29 is 4.79 Å². The lowest BCUT2D eigenvalue weighted by Crippen LogP contribution is -2.37. The summed E-state index contributed by atoms with van der Waals surface area (Å²) in [6.45, 7) is 6.46. The second-order valence-corrected chi connectivity index (χ2v) is 8.41. The van der Waals surface area contributed by atoms with E-state index in [1.807, 2.05) is 27.7 Å². The maximum atomic E-state index is 12.9. The molecule has 0 spiro atoms. The number of rotatable bonds is 5. The molecule has 1 atom stereocenters. The standard InChI is InChI=1S/C22H24N4OS/c1-15(2)17-8-10-19(11-9-17)25-14-23-24-22(25)28-13-21(27)26-16(3)12-18-6-4-5-7-20(18)26/h4-11,14-16H,12-13H2,1-3H3/t16-/m1/s1. The second kappa shape index (κ2) is 7.80. The molecule has 0 aliphatic carbocycles. The average molecular weight is 393 g/mol. The van der Waals surface area contributed by atoms with E-state index in [1.54, 1.807) is 6.33 Å². The topological polar surface area (TPSA) is 51.0 Å². The number of benzene rings is 2. The van der Waals surface area contributed by atoms with Gasteiger partial charge in [-0.2, -0.15) is 0 Å². The highest BCUT2D eigenvalue weighted by Gasteiger charge is 2.30. The third-order valence-corrected chi connectivity index (χ3v) is 6.08. The number of anilines is 1. The van der Waals surface area contributed by atoms with E-state index in [2.05, 4.69) is 61.3 Å². The SMILES string of the molecule is CC(C)c1ccc(-n2cnnc2SCC(=O)N2c3ccccc3C[C@H]2C)cc1. The molecule has 0 saturated carbocycles. The van der Waals surface area contributed by atoms with Gasteiger partial charge in [-0.25, -0.2) is 0 Å². The number of carbonyl (C=O) groups excluding carboxylic acids is 1. The van der Waals surface area contributed by atoms with Crippen LogP contribution >= 0.6 is 11.8 Å². The molecule has 1 aliphatic heterocycles. The van der Waals surface area contributed by atoms with Crippen molar-refractivity contribution in [2.45, 2.75) is 44.3 Å². The normalized spacial score (nSPS) is 15.9. The van der Waals surface area contributed by atoms with E-state index >= 15 is 0 Å². The largest absolute Gasteiger partial charge is 0.308 e. The lowest BCUT2D eigenvalue weighted by Gasteiger charge is -2.22. The average Bonchev–Trinajstić information content (AvgIpc) is 3.29. The van der Waals surface area contributed by atoms with Crippen LogP contribution in [0.1, 0.15) is 37.8 Å². The van der Waals surface area contributed by atoms with Gasteiger partial charge < -0.3 is 4.90 Å². The fourth-order valence-corrected chi connectivity index (χ4v) is 4.45. The Bertz CT molecular complexity index is 980. The molecule has 1 aliphatic rings. The first-order chi connectivity index (χ1) is 13.5. The van der Waals surface area contributed by atoms with Crippen molar-refractivity contribution in [1.29, 1.82) is 0 Å². The van der Waals surface area contributed by atoms with Crippen LogP contribution in [0.15, 0.2) is 60.0 Å². The highest BCUT2D eigenvalue weighted by molar-refractivity contribution is 7.99. The van der Waals surface area contributed by atoms with Gasteiger partial charge in [0.25, 0.3) is 0 Å². The molecule has 3 aromatic rings. The zero-order valence-electron chi connectivity index (χ0n) is 16.4. The number of hydrogen-bond donors (Lipinski definition) is 0. The molecule has 4 rings (SSSR count). The van der Waals surface area contributed by atoms with Crippen LogP contribution in [0, 0.1) is 0 Å². The van der Waals surface area contributed by atoms with Crippen LogP contribution < -0.4 is 4.90 Å². The molecule has 0 saturated heterocycles. The van der Waals surface area contributed by atoms with Crippen molar-refractivity contribution in [2.24, 2.45) is 0 Å². The Kier molecular flexibility index (Phi) is 5.22. The first-order valence-electron chi connectivity index (χ1n) is 9.57. The second-order valence-electron chi connectivity index (χ2n) is 7.46. The smallest absolute Gasteiger partial charge is 0.237 e. The Morgan fingerprint density at radius 1 is 1.18 bits per heavy atom. The highest BCUT2D eigenvalue weighted by atomic mass is 32.2. The highest BCUT2D eigenvalue weighted by Crippen LogP contribution is 2.33. The Balaban J connectivity index is 1.48. The summed E-state index contributed by atoms with van der Waals surface area (Å²) in [5.74, 6) is 0.931. The molecule has 6 heteroatoms. The molecule has 28 heavy (non-hydrogen) atoms. The predicted octanol–water partition coefficient (Wildman–Crippen LogP) is 4.46. The molecule has 144 valence electrons. The predicted molar refractivity (Wildman–Crippen MR) is 113 cm³/mol. The summed E-state index contributed by atoms with van der Waals surface area (Å²) in [7, 11) is 0. The van der Waals surface area contributed by atoms with Crippen molar-refractivity contribution in [3.8, 4) is 5.69 Å². The van der Waals surface area contributed by atoms with Gasteiger partial charge in [-0.05, 0) is 48.6 Å². The van der Waals surface area contributed by atoms with Crippen LogP contribution in [0.25, 0.3) is 5.69 Å². The molecular formula is C22H24N4OS. The lowest BCUT2D eigenvalue weighted by atomic mass is 10.0. The molecule has 2 aromatic carbocycles. The van der Waals surface area contributed by atoms with Gasteiger partial charge in [0.05, 0.1) is 5.75 Å². The minimum Gasteiger partial charge on any atom is -0.308 e. The fourth-order valence-electron chi connectivity index (χ4n) is 3.66. The zero-order valence-corrected chi connectivity index (χ0v) is 17.2. The number of nitrogens with zero attached hydrogens (tertiary/aromatic N) is 4. The molecule has 0 fully saturated rings.